The second kappa shape index (κ2) is 13.6. The van der Waals surface area contributed by atoms with Gasteiger partial charge in [-0.2, -0.15) is 0 Å². The number of aromatic nitrogens is 3. The highest BCUT2D eigenvalue weighted by Gasteiger charge is 2.17. The maximum Gasteiger partial charge on any atom is 0.220 e. The van der Waals surface area contributed by atoms with Crippen LogP contribution in [0.2, 0.25) is 0 Å². The molecular weight excluding hydrogens is 456 g/mol. The molecule has 2 amide bonds. The highest BCUT2D eigenvalue weighted by atomic mass is 16.2. The summed E-state index contributed by atoms with van der Waals surface area (Å²) in [6.07, 6.45) is 5.35. The van der Waals surface area contributed by atoms with E-state index in [1.807, 2.05) is 25.1 Å². The van der Waals surface area contributed by atoms with Crippen molar-refractivity contribution in [3.8, 4) is 0 Å². The molecule has 0 fully saturated rings. The highest BCUT2D eigenvalue weighted by Crippen LogP contribution is 2.29. The Kier molecular flexibility index (Phi) is 10.2. The van der Waals surface area contributed by atoms with Crippen LogP contribution in [0.15, 0.2) is 24.3 Å². The van der Waals surface area contributed by atoms with E-state index >= 15 is 0 Å². The Balaban J connectivity index is 1.52. The summed E-state index contributed by atoms with van der Waals surface area (Å²) < 4.78 is 2.26. The minimum atomic E-state index is -0.136. The lowest BCUT2D eigenvalue weighted by atomic mass is 10.1. The third kappa shape index (κ3) is 7.26. The monoisotopic (exact) mass is 494 g/mol. The predicted molar refractivity (Wildman–Crippen MR) is 142 cm³/mol. The van der Waals surface area contributed by atoms with Gasteiger partial charge in [0, 0.05) is 57.1 Å². The van der Waals surface area contributed by atoms with E-state index in [0.29, 0.717) is 18.9 Å². The third-order valence-corrected chi connectivity index (χ3v) is 6.21. The number of nitrogens with one attached hydrogen (secondary N) is 2. The number of nitrogens with two attached hydrogens (primary N) is 1. The van der Waals surface area contributed by atoms with Gasteiger partial charge in [-0.15, -0.1) is 0 Å². The zero-order valence-corrected chi connectivity index (χ0v) is 21.4. The van der Waals surface area contributed by atoms with E-state index < -0.39 is 0 Å². The van der Waals surface area contributed by atoms with Crippen LogP contribution >= 0.6 is 0 Å². The van der Waals surface area contributed by atoms with Gasteiger partial charge in [0.15, 0.2) is 5.82 Å². The van der Waals surface area contributed by atoms with Crippen LogP contribution in [0.25, 0.3) is 21.9 Å². The number of hydrogen-bond donors (Lipinski definition) is 3. The van der Waals surface area contributed by atoms with Gasteiger partial charge in [-0.3, -0.25) is 14.4 Å². The van der Waals surface area contributed by atoms with E-state index in [-0.39, 0.29) is 43.3 Å². The van der Waals surface area contributed by atoms with Crippen LogP contribution in [0.4, 0.5) is 5.82 Å². The van der Waals surface area contributed by atoms with Gasteiger partial charge in [0.2, 0.25) is 11.8 Å². The highest BCUT2D eigenvalue weighted by molar-refractivity contribution is 6.06. The molecule has 0 saturated carbocycles. The Hall–Kier alpha value is -3.49. The Morgan fingerprint density at radius 3 is 2.36 bits per heavy atom. The summed E-state index contributed by atoms with van der Waals surface area (Å²) in [5.41, 5.74) is 8.90. The van der Waals surface area contributed by atoms with E-state index in [4.69, 9.17) is 10.7 Å². The zero-order chi connectivity index (χ0) is 25.9. The SMILES string of the molecule is CCCCc1nc2c(N)nc3ccccc3c2n1CCCCNC(=O)CCC(=O)CCC(=O)NCC. The van der Waals surface area contributed by atoms with Gasteiger partial charge in [-0.25, -0.2) is 9.97 Å². The Bertz CT molecular complexity index is 1200. The van der Waals surface area contributed by atoms with E-state index in [9.17, 15) is 14.4 Å². The number of nitrogen functional groups attached to an aromatic ring is 1. The number of para-hydroxylation sites is 1. The molecule has 0 aliphatic heterocycles. The van der Waals surface area contributed by atoms with Gasteiger partial charge in [-0.05, 0) is 32.3 Å². The Labute approximate surface area is 212 Å². The van der Waals surface area contributed by atoms with Gasteiger partial charge in [0.1, 0.15) is 17.1 Å². The summed E-state index contributed by atoms with van der Waals surface area (Å²) in [6, 6.07) is 7.99. The van der Waals surface area contributed by atoms with Crippen molar-refractivity contribution in [3.05, 3.63) is 30.1 Å². The number of imidazole rings is 1. The topological polar surface area (TPSA) is 132 Å². The molecule has 0 unspecified atom stereocenters. The molecule has 0 atom stereocenters. The molecule has 1 aromatic carbocycles. The number of benzene rings is 1. The van der Waals surface area contributed by atoms with Crippen LogP contribution in [0, 0.1) is 0 Å². The molecule has 4 N–H and O–H groups in total. The fourth-order valence-electron chi connectivity index (χ4n) is 4.30. The number of anilines is 1. The average molecular weight is 495 g/mol. The molecule has 0 bridgehead atoms. The normalized spacial score (nSPS) is 11.2. The third-order valence-electron chi connectivity index (χ3n) is 6.21. The molecule has 0 saturated heterocycles. The van der Waals surface area contributed by atoms with E-state index in [0.717, 1.165) is 66.4 Å². The molecule has 3 aromatic rings. The molecule has 194 valence electrons. The summed E-state index contributed by atoms with van der Waals surface area (Å²) in [6.45, 7) is 5.87. The average Bonchev–Trinajstić information content (AvgIpc) is 3.24. The van der Waals surface area contributed by atoms with Crippen LogP contribution in [0.3, 0.4) is 0 Å². The molecule has 0 radical (unpaired) electrons. The summed E-state index contributed by atoms with van der Waals surface area (Å²) in [5, 5.41) is 6.61. The van der Waals surface area contributed by atoms with Crippen LogP contribution in [-0.4, -0.2) is 45.2 Å². The second-order valence-electron chi connectivity index (χ2n) is 9.04. The van der Waals surface area contributed by atoms with Crippen molar-refractivity contribution in [2.75, 3.05) is 18.8 Å². The predicted octanol–water partition coefficient (Wildman–Crippen LogP) is 3.67. The van der Waals surface area contributed by atoms with E-state index in [1.165, 1.54) is 0 Å². The van der Waals surface area contributed by atoms with Crippen molar-refractivity contribution in [1.29, 1.82) is 0 Å². The standard InChI is InChI=1S/C27H38N6O3/c1-3-5-12-22-32-25-26(20-10-6-7-11-21(20)31-27(25)28)33(22)18-9-8-17-30-24(36)16-14-19(34)13-15-23(35)29-4-2/h6-7,10-11H,3-5,8-9,12-18H2,1-2H3,(H2,28,31)(H,29,35)(H,30,36). The number of rotatable bonds is 15. The molecule has 0 aliphatic rings. The number of unbranched alkanes of at least 4 members (excludes halogenated alkanes) is 2. The van der Waals surface area contributed by atoms with Crippen molar-refractivity contribution in [2.24, 2.45) is 0 Å². The first-order chi connectivity index (χ1) is 17.4. The van der Waals surface area contributed by atoms with Crippen molar-refractivity contribution < 1.29 is 14.4 Å². The van der Waals surface area contributed by atoms with Crippen LogP contribution < -0.4 is 16.4 Å². The number of nitrogens with zero attached hydrogens (tertiary/aromatic N) is 3. The Morgan fingerprint density at radius 2 is 1.64 bits per heavy atom. The first-order valence-corrected chi connectivity index (χ1v) is 13.0. The number of aryl methyl sites for hydroxylation is 2. The lowest BCUT2D eigenvalue weighted by molar-refractivity contribution is -0.127. The molecule has 36 heavy (non-hydrogen) atoms. The number of Topliss-reactive ketones (excluding diaryl/α,β-unsaturated/α-hetero) is 1. The van der Waals surface area contributed by atoms with Crippen LogP contribution in [0.5, 0.6) is 0 Å². The molecule has 0 spiro atoms. The fourth-order valence-corrected chi connectivity index (χ4v) is 4.30. The minimum absolute atomic E-state index is 0.0658. The van der Waals surface area contributed by atoms with Crippen molar-refractivity contribution in [2.45, 2.75) is 78.2 Å². The first-order valence-electron chi connectivity index (χ1n) is 13.0. The second-order valence-corrected chi connectivity index (χ2v) is 9.04. The quantitative estimate of drug-likeness (QED) is 0.276. The zero-order valence-electron chi connectivity index (χ0n) is 21.4. The van der Waals surface area contributed by atoms with Gasteiger partial charge >= 0.3 is 0 Å². The maximum absolute atomic E-state index is 12.1. The first kappa shape index (κ1) is 27.1. The molecule has 3 rings (SSSR count). The number of pyridine rings is 1. The number of fused-ring (bicyclic) bond motifs is 3. The largest absolute Gasteiger partial charge is 0.382 e. The lowest BCUT2D eigenvalue weighted by Crippen LogP contribution is -2.25. The summed E-state index contributed by atoms with van der Waals surface area (Å²) in [4.78, 5) is 44.9. The summed E-state index contributed by atoms with van der Waals surface area (Å²) in [7, 11) is 0. The van der Waals surface area contributed by atoms with Gasteiger partial charge in [-0.1, -0.05) is 31.5 Å². The van der Waals surface area contributed by atoms with Crippen LogP contribution in [0.1, 0.15) is 71.0 Å². The van der Waals surface area contributed by atoms with Crippen molar-refractivity contribution in [3.63, 3.8) is 0 Å². The summed E-state index contributed by atoms with van der Waals surface area (Å²) >= 11 is 0. The molecular formula is C27H38N6O3. The van der Waals surface area contributed by atoms with E-state index in [2.05, 4.69) is 33.2 Å². The number of hydrogen-bond acceptors (Lipinski definition) is 6. The minimum Gasteiger partial charge on any atom is -0.382 e. The van der Waals surface area contributed by atoms with Gasteiger partial charge in [0.25, 0.3) is 0 Å². The lowest BCUT2D eigenvalue weighted by Gasteiger charge is -2.11. The number of carbonyl (C=O) groups is 3. The molecule has 2 aromatic heterocycles. The van der Waals surface area contributed by atoms with Crippen molar-refractivity contribution >= 4 is 45.4 Å². The van der Waals surface area contributed by atoms with Crippen LogP contribution in [-0.2, 0) is 27.3 Å². The summed E-state index contributed by atoms with van der Waals surface area (Å²) in [5.74, 6) is 1.14. The molecule has 9 heteroatoms. The van der Waals surface area contributed by atoms with E-state index in [1.54, 1.807) is 0 Å². The number of carbonyl (C=O) groups excluding carboxylic acids is 3. The van der Waals surface area contributed by atoms with Crippen molar-refractivity contribution in [1.82, 2.24) is 25.2 Å². The Morgan fingerprint density at radius 1 is 0.917 bits per heavy atom. The van der Waals surface area contributed by atoms with Gasteiger partial charge < -0.3 is 20.9 Å². The molecule has 2 heterocycles. The number of ketones is 1. The maximum atomic E-state index is 12.1. The fraction of sp³-hybridized carbons (Fsp3) is 0.519. The molecule has 0 aliphatic carbocycles. The molecule has 9 nitrogen and oxygen atoms in total. The smallest absolute Gasteiger partial charge is 0.220 e. The van der Waals surface area contributed by atoms with Gasteiger partial charge in [0.05, 0.1) is 11.0 Å². The number of amides is 2.